The number of pyridine rings is 1. The number of aliphatic hydroxyl groups is 1. The van der Waals surface area contributed by atoms with Crippen molar-refractivity contribution in [1.29, 1.82) is 0 Å². The van der Waals surface area contributed by atoms with E-state index in [1.807, 2.05) is 6.07 Å². The maximum Gasteiger partial charge on any atom is 0.127 e. The molecular weight excluding hydrogens is 221 g/mol. The molecule has 0 bridgehead atoms. The van der Waals surface area contributed by atoms with Crippen LogP contribution in [0.5, 0.6) is 5.75 Å². The Bertz CT molecular complexity index is 488. The van der Waals surface area contributed by atoms with Crippen LogP contribution < -0.4 is 4.74 Å². The van der Waals surface area contributed by atoms with Gasteiger partial charge in [-0.25, -0.2) is 4.39 Å². The fraction of sp³-hybridized carbons (Fsp3) is 0.154. The number of ether oxygens (including phenoxy) is 1. The van der Waals surface area contributed by atoms with Gasteiger partial charge in [0.25, 0.3) is 0 Å². The molecule has 4 heteroatoms. The molecule has 0 unspecified atom stereocenters. The van der Waals surface area contributed by atoms with E-state index in [4.69, 9.17) is 9.84 Å². The smallest absolute Gasteiger partial charge is 0.127 e. The number of benzene rings is 1. The van der Waals surface area contributed by atoms with Crippen molar-refractivity contribution in [3.05, 3.63) is 48.5 Å². The zero-order chi connectivity index (χ0) is 12.1. The zero-order valence-electron chi connectivity index (χ0n) is 9.14. The second-order valence-electron chi connectivity index (χ2n) is 3.49. The lowest BCUT2D eigenvalue weighted by atomic mass is 10.1. The lowest BCUT2D eigenvalue weighted by molar-refractivity contribution is 0.201. The predicted octanol–water partition coefficient (Wildman–Crippen LogP) is 2.26. The first kappa shape index (κ1) is 11.5. The molecule has 1 heterocycles. The Morgan fingerprint density at radius 2 is 2.12 bits per heavy atom. The van der Waals surface area contributed by atoms with Crippen molar-refractivity contribution in [1.82, 2.24) is 4.98 Å². The molecule has 0 saturated heterocycles. The van der Waals surface area contributed by atoms with Gasteiger partial charge in [-0.2, -0.15) is 0 Å². The minimum absolute atomic E-state index is 0.0985. The highest BCUT2D eigenvalue weighted by Crippen LogP contribution is 2.24. The summed E-state index contributed by atoms with van der Waals surface area (Å²) in [5.41, 5.74) is 1.52. The number of hydrogen-bond acceptors (Lipinski definition) is 3. The van der Waals surface area contributed by atoms with Gasteiger partial charge in [0.05, 0.1) is 6.61 Å². The molecule has 0 aliphatic rings. The van der Waals surface area contributed by atoms with Gasteiger partial charge in [0, 0.05) is 24.0 Å². The molecule has 0 aliphatic carbocycles. The molecule has 0 amide bonds. The second-order valence-corrected chi connectivity index (χ2v) is 3.49. The van der Waals surface area contributed by atoms with Crippen LogP contribution in [0.2, 0.25) is 0 Å². The van der Waals surface area contributed by atoms with Crippen LogP contribution in [-0.2, 0) is 0 Å². The summed E-state index contributed by atoms with van der Waals surface area (Å²) in [5.74, 6) is 0.0252. The first-order chi connectivity index (χ1) is 8.29. The Morgan fingerprint density at radius 3 is 2.82 bits per heavy atom. The largest absolute Gasteiger partial charge is 0.491 e. The fourth-order valence-corrected chi connectivity index (χ4v) is 1.51. The second kappa shape index (κ2) is 5.41. The molecule has 0 atom stereocenters. The van der Waals surface area contributed by atoms with E-state index in [1.165, 1.54) is 12.1 Å². The molecule has 2 aromatic rings. The van der Waals surface area contributed by atoms with Crippen molar-refractivity contribution in [3.8, 4) is 16.9 Å². The van der Waals surface area contributed by atoms with Gasteiger partial charge >= 0.3 is 0 Å². The zero-order valence-corrected chi connectivity index (χ0v) is 9.14. The third-order valence-electron chi connectivity index (χ3n) is 2.23. The number of rotatable bonds is 4. The average molecular weight is 233 g/mol. The Kier molecular flexibility index (Phi) is 3.67. The predicted molar refractivity (Wildman–Crippen MR) is 62.2 cm³/mol. The third kappa shape index (κ3) is 3.01. The summed E-state index contributed by atoms with van der Waals surface area (Å²) in [6.45, 7) is 0.0503. The summed E-state index contributed by atoms with van der Waals surface area (Å²) in [4.78, 5) is 3.98. The first-order valence-corrected chi connectivity index (χ1v) is 5.24. The Hall–Kier alpha value is -1.94. The first-order valence-electron chi connectivity index (χ1n) is 5.24. The minimum Gasteiger partial charge on any atom is -0.491 e. The molecule has 0 radical (unpaired) electrons. The molecular formula is C13H12FNO2. The van der Waals surface area contributed by atoms with Crippen molar-refractivity contribution in [2.75, 3.05) is 13.2 Å². The maximum absolute atomic E-state index is 13.4. The molecule has 17 heavy (non-hydrogen) atoms. The maximum atomic E-state index is 13.4. The summed E-state index contributed by atoms with van der Waals surface area (Å²) in [7, 11) is 0. The lowest BCUT2D eigenvalue weighted by Crippen LogP contribution is -2.01. The van der Waals surface area contributed by atoms with E-state index in [-0.39, 0.29) is 19.0 Å². The minimum atomic E-state index is -0.376. The Morgan fingerprint density at radius 1 is 1.24 bits per heavy atom. The molecule has 2 rings (SSSR count). The molecule has 0 aliphatic heterocycles. The monoisotopic (exact) mass is 233 g/mol. The Balaban J connectivity index is 2.32. The normalized spacial score (nSPS) is 10.2. The number of hydrogen-bond donors (Lipinski definition) is 1. The van der Waals surface area contributed by atoms with Crippen LogP contribution in [0.1, 0.15) is 0 Å². The molecule has 1 aromatic heterocycles. The van der Waals surface area contributed by atoms with Crippen molar-refractivity contribution >= 4 is 0 Å². The average Bonchev–Trinajstić information content (AvgIpc) is 2.37. The van der Waals surface area contributed by atoms with E-state index in [0.29, 0.717) is 11.3 Å². The van der Waals surface area contributed by atoms with E-state index in [9.17, 15) is 4.39 Å². The molecule has 0 fully saturated rings. The Labute approximate surface area is 98.5 Å². The standard InChI is InChI=1S/C13H12FNO2/c14-12-6-11(10-2-1-3-15-9-10)7-13(8-12)17-5-4-16/h1-3,6-9,16H,4-5H2. The third-order valence-corrected chi connectivity index (χ3v) is 2.23. The van der Waals surface area contributed by atoms with Gasteiger partial charge in [0.1, 0.15) is 18.2 Å². The molecule has 88 valence electrons. The highest BCUT2D eigenvalue weighted by molar-refractivity contribution is 5.64. The summed E-state index contributed by atoms with van der Waals surface area (Å²) in [5, 5.41) is 8.65. The highest BCUT2D eigenvalue weighted by Gasteiger charge is 2.04. The molecule has 3 nitrogen and oxygen atoms in total. The van der Waals surface area contributed by atoms with E-state index in [1.54, 1.807) is 24.5 Å². The summed E-state index contributed by atoms with van der Waals surface area (Å²) in [6, 6.07) is 8.06. The summed E-state index contributed by atoms with van der Waals surface area (Å²) >= 11 is 0. The topological polar surface area (TPSA) is 42.4 Å². The van der Waals surface area contributed by atoms with Crippen molar-refractivity contribution in [3.63, 3.8) is 0 Å². The van der Waals surface area contributed by atoms with E-state index in [2.05, 4.69) is 4.98 Å². The number of aromatic nitrogens is 1. The number of aliphatic hydroxyl groups excluding tert-OH is 1. The van der Waals surface area contributed by atoms with Crippen LogP contribution in [-0.4, -0.2) is 23.3 Å². The van der Waals surface area contributed by atoms with Gasteiger partial charge in [-0.05, 0) is 23.8 Å². The van der Waals surface area contributed by atoms with Crippen LogP contribution in [0.4, 0.5) is 4.39 Å². The van der Waals surface area contributed by atoms with Crippen LogP contribution in [0.25, 0.3) is 11.1 Å². The van der Waals surface area contributed by atoms with Gasteiger partial charge in [0.2, 0.25) is 0 Å². The number of nitrogens with zero attached hydrogens (tertiary/aromatic N) is 1. The van der Waals surface area contributed by atoms with Gasteiger partial charge < -0.3 is 9.84 Å². The quantitative estimate of drug-likeness (QED) is 0.880. The van der Waals surface area contributed by atoms with Crippen molar-refractivity contribution in [2.45, 2.75) is 0 Å². The molecule has 0 saturated carbocycles. The summed E-state index contributed by atoms with van der Waals surface area (Å²) in [6.07, 6.45) is 3.32. The van der Waals surface area contributed by atoms with Crippen LogP contribution in [0, 0.1) is 5.82 Å². The molecule has 0 spiro atoms. The van der Waals surface area contributed by atoms with Gasteiger partial charge in [-0.3, -0.25) is 4.98 Å². The molecule has 1 aromatic carbocycles. The van der Waals surface area contributed by atoms with E-state index >= 15 is 0 Å². The highest BCUT2D eigenvalue weighted by atomic mass is 19.1. The molecule has 1 N–H and O–H groups in total. The van der Waals surface area contributed by atoms with Crippen LogP contribution >= 0.6 is 0 Å². The van der Waals surface area contributed by atoms with Gasteiger partial charge in [-0.1, -0.05) is 6.07 Å². The van der Waals surface area contributed by atoms with Gasteiger partial charge in [-0.15, -0.1) is 0 Å². The van der Waals surface area contributed by atoms with Crippen LogP contribution in [0.15, 0.2) is 42.7 Å². The van der Waals surface area contributed by atoms with E-state index < -0.39 is 0 Å². The summed E-state index contributed by atoms with van der Waals surface area (Å²) < 4.78 is 18.6. The lowest BCUT2D eigenvalue weighted by Gasteiger charge is -2.07. The number of halogens is 1. The van der Waals surface area contributed by atoms with Crippen LogP contribution in [0.3, 0.4) is 0 Å². The van der Waals surface area contributed by atoms with E-state index in [0.717, 1.165) is 5.56 Å². The van der Waals surface area contributed by atoms with Crippen molar-refractivity contribution in [2.24, 2.45) is 0 Å². The fourth-order valence-electron chi connectivity index (χ4n) is 1.51. The van der Waals surface area contributed by atoms with Gasteiger partial charge in [0.15, 0.2) is 0 Å². The van der Waals surface area contributed by atoms with Crippen molar-refractivity contribution < 1.29 is 14.2 Å². The SMILES string of the molecule is OCCOc1cc(F)cc(-c2cccnc2)c1.